The number of piperazine rings is 1. The Bertz CT molecular complexity index is 1080. The third kappa shape index (κ3) is 5.51. The normalized spacial score (nSPS) is 15.9. The van der Waals surface area contributed by atoms with Crippen LogP contribution in [-0.4, -0.2) is 59.8 Å². The van der Waals surface area contributed by atoms with Gasteiger partial charge in [-0.2, -0.15) is 18.2 Å². The average molecular weight is 473 g/mol. The number of non-ortho nitro benzene ring substituents is 1. The molecule has 0 N–H and O–H groups in total. The number of nitrogens with zero attached hydrogens (tertiary/aromatic N) is 5. The van der Waals surface area contributed by atoms with E-state index in [4.69, 9.17) is 4.84 Å². The average Bonchev–Trinajstić information content (AvgIpc) is 2.75. The molecule has 2 heterocycles. The Balaban J connectivity index is 1.80. The Hall–Kier alpha value is -2.80. The molecule has 32 heavy (non-hydrogen) atoms. The minimum Gasteiger partial charge on any atom is -0.396 e. The van der Waals surface area contributed by atoms with Gasteiger partial charge in [0, 0.05) is 45.2 Å². The van der Waals surface area contributed by atoms with Crippen LogP contribution in [0.15, 0.2) is 22.1 Å². The van der Waals surface area contributed by atoms with Crippen LogP contribution in [-0.2, 0) is 11.0 Å². The lowest BCUT2D eigenvalue weighted by Gasteiger charge is -2.34. The molecule has 9 nitrogen and oxygen atoms in total. The van der Waals surface area contributed by atoms with Crippen molar-refractivity contribution in [2.75, 3.05) is 44.2 Å². The fourth-order valence-electron chi connectivity index (χ4n) is 3.28. The zero-order chi connectivity index (χ0) is 23.5. The first kappa shape index (κ1) is 23.9. The molecule has 1 fully saturated rings. The van der Waals surface area contributed by atoms with Crippen molar-refractivity contribution in [2.24, 2.45) is 5.16 Å². The number of rotatable bonds is 7. The summed E-state index contributed by atoms with van der Waals surface area (Å²) in [5.41, 5.74) is -2.02. The number of hydrogen-bond donors (Lipinski definition) is 0. The van der Waals surface area contributed by atoms with E-state index in [0.29, 0.717) is 44.9 Å². The van der Waals surface area contributed by atoms with E-state index in [0.717, 1.165) is 30.0 Å². The number of nitro benzene ring substituents is 1. The molecular weight excluding hydrogens is 451 g/mol. The quantitative estimate of drug-likeness (QED) is 0.345. The number of oxime groups is 1. The minimum atomic E-state index is -4.81. The van der Waals surface area contributed by atoms with Crippen molar-refractivity contribution in [3.8, 4) is 0 Å². The maximum atomic E-state index is 13.1. The second-order valence-electron chi connectivity index (χ2n) is 7.25. The lowest BCUT2D eigenvalue weighted by atomic mass is 10.1. The van der Waals surface area contributed by atoms with Crippen molar-refractivity contribution in [3.05, 3.63) is 38.2 Å². The predicted octanol–water partition coefficient (Wildman–Crippen LogP) is 3.51. The van der Waals surface area contributed by atoms with Gasteiger partial charge in [-0.1, -0.05) is 16.5 Å². The summed E-state index contributed by atoms with van der Waals surface area (Å²) >= 11 is 0.862. The third-order valence-corrected chi connectivity index (χ3v) is 6.16. The summed E-state index contributed by atoms with van der Waals surface area (Å²) in [6.45, 7) is 7.45. The zero-order valence-corrected chi connectivity index (χ0v) is 18.3. The van der Waals surface area contributed by atoms with Gasteiger partial charge in [0.1, 0.15) is 11.3 Å². The van der Waals surface area contributed by atoms with E-state index >= 15 is 0 Å². The van der Waals surface area contributed by atoms with Gasteiger partial charge in [-0.15, -0.1) is 0 Å². The maximum Gasteiger partial charge on any atom is 0.416 e. The first-order chi connectivity index (χ1) is 15.1. The number of fused-ring (bicyclic) bond motifs is 1. The van der Waals surface area contributed by atoms with Gasteiger partial charge in [-0.25, -0.2) is 0 Å². The zero-order valence-electron chi connectivity index (χ0n) is 17.5. The topological polar surface area (TPSA) is 101 Å². The third-order valence-electron chi connectivity index (χ3n) is 5.00. The molecule has 0 saturated carbocycles. The molecule has 13 heteroatoms. The first-order valence-corrected chi connectivity index (χ1v) is 10.7. The van der Waals surface area contributed by atoms with Crippen LogP contribution in [0, 0.1) is 10.1 Å². The Kier molecular flexibility index (Phi) is 7.29. The summed E-state index contributed by atoms with van der Waals surface area (Å²) in [7, 11) is 0. The van der Waals surface area contributed by atoms with Gasteiger partial charge in [0.15, 0.2) is 5.13 Å². The van der Waals surface area contributed by atoms with Gasteiger partial charge in [-0.05, 0) is 19.9 Å². The molecule has 1 saturated heterocycles. The molecule has 0 radical (unpaired) electrons. The molecule has 174 valence electrons. The highest BCUT2D eigenvalue weighted by Gasteiger charge is 2.34. The Labute approximate surface area is 185 Å². The number of halogens is 3. The minimum absolute atomic E-state index is 0.108. The molecule has 1 aliphatic rings. The summed E-state index contributed by atoms with van der Waals surface area (Å²) in [5.74, 6) is 0. The van der Waals surface area contributed by atoms with Crippen LogP contribution < -0.4 is 10.5 Å². The van der Waals surface area contributed by atoms with Crippen molar-refractivity contribution in [1.29, 1.82) is 0 Å². The lowest BCUT2D eigenvalue weighted by Crippen LogP contribution is -2.47. The first-order valence-electron chi connectivity index (χ1n) is 9.93. The van der Waals surface area contributed by atoms with Crippen molar-refractivity contribution >= 4 is 38.0 Å². The van der Waals surface area contributed by atoms with Crippen LogP contribution >= 0.6 is 11.3 Å². The molecule has 1 aromatic heterocycles. The Morgan fingerprint density at radius 2 is 2.00 bits per heavy atom. The largest absolute Gasteiger partial charge is 0.416 e. The SMILES string of the molecule is CCO/N=C(\C)CCN1CCN(c2nc(=O)c3cc(C(F)(F)F)cc([N+](=O)[O-])c3s2)CC1. The number of aromatic nitrogens is 1. The second kappa shape index (κ2) is 9.77. The van der Waals surface area contributed by atoms with E-state index < -0.39 is 33.3 Å². The van der Waals surface area contributed by atoms with Crippen LogP contribution in [0.2, 0.25) is 0 Å². The Morgan fingerprint density at radius 1 is 1.31 bits per heavy atom. The van der Waals surface area contributed by atoms with Crippen LogP contribution in [0.5, 0.6) is 0 Å². The number of hydrogen-bond acceptors (Lipinski definition) is 9. The highest BCUT2D eigenvalue weighted by atomic mass is 32.1. The number of anilines is 1. The fraction of sp³-hybridized carbons (Fsp3) is 0.526. The fourth-order valence-corrected chi connectivity index (χ4v) is 4.40. The molecule has 1 aromatic carbocycles. The van der Waals surface area contributed by atoms with Gasteiger partial charge in [0.25, 0.3) is 11.2 Å². The highest BCUT2D eigenvalue weighted by Crippen LogP contribution is 2.38. The van der Waals surface area contributed by atoms with Gasteiger partial charge in [-0.3, -0.25) is 19.8 Å². The molecule has 1 aliphatic heterocycles. The molecular formula is C19H22F3N5O4S. The monoisotopic (exact) mass is 473 g/mol. The Morgan fingerprint density at radius 3 is 2.59 bits per heavy atom. The van der Waals surface area contributed by atoms with E-state index in [-0.39, 0.29) is 9.83 Å². The van der Waals surface area contributed by atoms with Gasteiger partial charge < -0.3 is 9.74 Å². The van der Waals surface area contributed by atoms with Crippen molar-refractivity contribution in [3.63, 3.8) is 0 Å². The molecule has 2 aromatic rings. The standard InChI is InChI=1S/C19H22F3N5O4S/c1-3-31-24-12(2)4-5-25-6-8-26(9-7-25)18-23-17(28)14-10-13(19(20,21)22)11-15(27(29)30)16(14)32-18/h10-11H,3-9H2,1-2H3/b24-12+. The maximum absolute atomic E-state index is 13.1. The van der Waals surface area contributed by atoms with Crippen LogP contribution in [0.3, 0.4) is 0 Å². The van der Waals surface area contributed by atoms with Crippen molar-refractivity contribution < 1.29 is 22.9 Å². The molecule has 0 spiro atoms. The molecule has 0 amide bonds. The van der Waals surface area contributed by atoms with E-state index in [2.05, 4.69) is 15.0 Å². The van der Waals surface area contributed by atoms with Crippen LogP contribution in [0.1, 0.15) is 25.8 Å². The second-order valence-corrected chi connectivity index (χ2v) is 8.23. The lowest BCUT2D eigenvalue weighted by molar-refractivity contribution is -0.383. The molecule has 0 atom stereocenters. The van der Waals surface area contributed by atoms with Crippen molar-refractivity contribution in [2.45, 2.75) is 26.4 Å². The van der Waals surface area contributed by atoms with Gasteiger partial charge in [0.2, 0.25) is 0 Å². The summed E-state index contributed by atoms with van der Waals surface area (Å²) in [6, 6.07) is 1.09. The summed E-state index contributed by atoms with van der Waals surface area (Å²) in [4.78, 5) is 36.0. The van der Waals surface area contributed by atoms with E-state index in [1.807, 2.05) is 18.7 Å². The summed E-state index contributed by atoms with van der Waals surface area (Å²) < 4.78 is 39.2. The van der Waals surface area contributed by atoms with E-state index in [1.54, 1.807) is 0 Å². The van der Waals surface area contributed by atoms with Gasteiger partial charge in [0.05, 0.1) is 21.6 Å². The van der Waals surface area contributed by atoms with Crippen LogP contribution in [0.4, 0.5) is 24.0 Å². The van der Waals surface area contributed by atoms with E-state index in [1.165, 1.54) is 0 Å². The van der Waals surface area contributed by atoms with Crippen molar-refractivity contribution in [1.82, 2.24) is 9.88 Å². The van der Waals surface area contributed by atoms with Crippen LogP contribution in [0.25, 0.3) is 10.1 Å². The number of alkyl halides is 3. The number of benzene rings is 1. The van der Waals surface area contributed by atoms with Gasteiger partial charge >= 0.3 is 6.18 Å². The molecule has 0 bridgehead atoms. The summed E-state index contributed by atoms with van der Waals surface area (Å²) in [5, 5.41) is 15.3. The highest BCUT2D eigenvalue weighted by molar-refractivity contribution is 7.22. The predicted molar refractivity (Wildman–Crippen MR) is 116 cm³/mol. The molecule has 3 rings (SSSR count). The van der Waals surface area contributed by atoms with E-state index in [9.17, 15) is 28.1 Å². The number of nitro groups is 1. The smallest absolute Gasteiger partial charge is 0.396 e. The molecule has 0 unspecified atom stereocenters. The summed E-state index contributed by atoms with van der Waals surface area (Å²) in [6.07, 6.45) is -4.06. The molecule has 0 aliphatic carbocycles.